The molecule has 1 fully saturated rings. The smallest absolute Gasteiger partial charge is 0.273 e. The highest BCUT2D eigenvalue weighted by Crippen LogP contribution is 2.37. The Morgan fingerprint density at radius 1 is 1.63 bits per heavy atom. The molecule has 6 heteroatoms. The molecular weight excluding hydrogens is 264 g/mol. The first-order chi connectivity index (χ1) is 9.19. The van der Waals surface area contributed by atoms with Crippen LogP contribution >= 0.6 is 11.6 Å². The van der Waals surface area contributed by atoms with E-state index in [9.17, 15) is 4.79 Å². The fraction of sp³-hybridized carbons (Fsp3) is 0.385. The van der Waals surface area contributed by atoms with Gasteiger partial charge in [0, 0.05) is 17.8 Å². The van der Waals surface area contributed by atoms with Gasteiger partial charge in [-0.3, -0.25) is 9.89 Å². The number of aromatic amines is 1. The number of halogens is 1. The van der Waals surface area contributed by atoms with Gasteiger partial charge in [-0.1, -0.05) is 18.5 Å². The summed E-state index contributed by atoms with van der Waals surface area (Å²) in [5, 5.41) is 10.2. The Bertz CT molecular complexity index is 612. The molecule has 2 heterocycles. The van der Waals surface area contributed by atoms with Gasteiger partial charge in [0.25, 0.3) is 5.91 Å². The molecule has 0 atom stereocenters. The summed E-state index contributed by atoms with van der Waals surface area (Å²) < 4.78 is 1.96. The molecule has 0 bridgehead atoms. The number of aromatic nitrogens is 3. The molecule has 0 aromatic carbocycles. The van der Waals surface area contributed by atoms with Crippen molar-refractivity contribution in [3.63, 3.8) is 0 Å². The number of nitrogens with zero attached hydrogens (tertiary/aromatic N) is 2. The second-order valence-corrected chi connectivity index (χ2v) is 5.20. The van der Waals surface area contributed by atoms with E-state index in [4.69, 9.17) is 11.6 Å². The Kier molecular flexibility index (Phi) is 3.06. The van der Waals surface area contributed by atoms with Gasteiger partial charge in [-0.05, 0) is 25.3 Å². The molecule has 1 aliphatic carbocycles. The van der Waals surface area contributed by atoms with Gasteiger partial charge in [0.1, 0.15) is 11.5 Å². The number of carbonyl (C=O) groups is 1. The average molecular weight is 279 g/mol. The van der Waals surface area contributed by atoms with Crippen LogP contribution in [0.3, 0.4) is 0 Å². The Hall–Kier alpha value is -1.75. The molecule has 2 aromatic heterocycles. The lowest BCUT2D eigenvalue weighted by Crippen LogP contribution is -2.17. The highest BCUT2D eigenvalue weighted by molar-refractivity contribution is 6.31. The quantitative estimate of drug-likeness (QED) is 0.903. The van der Waals surface area contributed by atoms with Gasteiger partial charge in [-0.25, -0.2) is 0 Å². The first kappa shape index (κ1) is 12.3. The molecule has 3 rings (SSSR count). The number of nitrogens with one attached hydrogen (secondary N) is 2. The van der Waals surface area contributed by atoms with E-state index in [1.807, 2.05) is 17.7 Å². The van der Waals surface area contributed by atoms with Gasteiger partial charge in [0.15, 0.2) is 0 Å². The zero-order valence-electron chi connectivity index (χ0n) is 10.6. The SMILES string of the molecule is CCc1cn[nH]c1NC(=O)c1cc(Cl)cn1C1CC1. The Labute approximate surface area is 116 Å². The van der Waals surface area contributed by atoms with Crippen LogP contribution < -0.4 is 5.32 Å². The summed E-state index contributed by atoms with van der Waals surface area (Å²) in [4.78, 5) is 12.3. The lowest BCUT2D eigenvalue weighted by Gasteiger charge is -2.08. The van der Waals surface area contributed by atoms with E-state index in [0.29, 0.717) is 22.6 Å². The maximum Gasteiger partial charge on any atom is 0.273 e. The number of anilines is 1. The Morgan fingerprint density at radius 3 is 3.11 bits per heavy atom. The van der Waals surface area contributed by atoms with Crippen molar-refractivity contribution in [1.82, 2.24) is 14.8 Å². The predicted octanol–water partition coefficient (Wildman–Crippen LogP) is 3.01. The first-order valence-electron chi connectivity index (χ1n) is 6.40. The summed E-state index contributed by atoms with van der Waals surface area (Å²) >= 11 is 6.00. The average Bonchev–Trinajstić information content (AvgIpc) is 3.02. The van der Waals surface area contributed by atoms with E-state index in [1.165, 1.54) is 0 Å². The van der Waals surface area contributed by atoms with Gasteiger partial charge < -0.3 is 9.88 Å². The largest absolute Gasteiger partial charge is 0.339 e. The molecule has 0 unspecified atom stereocenters. The maximum absolute atomic E-state index is 12.3. The van der Waals surface area contributed by atoms with E-state index in [-0.39, 0.29) is 5.91 Å². The second-order valence-electron chi connectivity index (χ2n) is 4.76. The number of hydrogen-bond acceptors (Lipinski definition) is 2. The van der Waals surface area contributed by atoms with Crippen LogP contribution in [-0.2, 0) is 6.42 Å². The van der Waals surface area contributed by atoms with E-state index in [1.54, 1.807) is 12.3 Å². The Morgan fingerprint density at radius 2 is 2.42 bits per heavy atom. The molecule has 1 aliphatic rings. The monoisotopic (exact) mass is 278 g/mol. The summed E-state index contributed by atoms with van der Waals surface area (Å²) in [5.41, 5.74) is 1.59. The third-order valence-corrected chi connectivity index (χ3v) is 3.53. The lowest BCUT2D eigenvalue weighted by atomic mass is 10.2. The molecule has 100 valence electrons. The summed E-state index contributed by atoms with van der Waals surface area (Å²) in [6.45, 7) is 2.02. The lowest BCUT2D eigenvalue weighted by molar-refractivity contribution is 0.101. The third kappa shape index (κ3) is 2.38. The number of amides is 1. The van der Waals surface area contributed by atoms with Crippen LogP contribution in [0.25, 0.3) is 0 Å². The molecule has 1 saturated carbocycles. The van der Waals surface area contributed by atoms with Crippen molar-refractivity contribution in [1.29, 1.82) is 0 Å². The van der Waals surface area contributed by atoms with Crippen molar-refractivity contribution >= 4 is 23.3 Å². The number of H-pyrrole nitrogens is 1. The molecule has 0 aliphatic heterocycles. The standard InChI is InChI=1S/C13H15ClN4O/c1-2-8-6-15-17-12(8)16-13(19)11-5-9(14)7-18(11)10-3-4-10/h5-7,10H,2-4H2,1H3,(H2,15,16,17,19). The number of carbonyl (C=O) groups excluding carboxylic acids is 1. The van der Waals surface area contributed by atoms with Gasteiger partial charge in [0.2, 0.25) is 0 Å². The zero-order chi connectivity index (χ0) is 13.4. The topological polar surface area (TPSA) is 62.7 Å². The van der Waals surface area contributed by atoms with Crippen molar-refractivity contribution in [2.45, 2.75) is 32.2 Å². The van der Waals surface area contributed by atoms with Gasteiger partial charge >= 0.3 is 0 Å². The molecular formula is C13H15ClN4O. The molecule has 2 aromatic rings. The van der Waals surface area contributed by atoms with Crippen LogP contribution in [-0.4, -0.2) is 20.7 Å². The first-order valence-corrected chi connectivity index (χ1v) is 6.77. The fourth-order valence-corrected chi connectivity index (χ4v) is 2.36. The number of hydrogen-bond donors (Lipinski definition) is 2. The molecule has 19 heavy (non-hydrogen) atoms. The van der Waals surface area contributed by atoms with Gasteiger partial charge in [-0.15, -0.1) is 0 Å². The fourth-order valence-electron chi connectivity index (χ4n) is 2.15. The van der Waals surface area contributed by atoms with Crippen LogP contribution in [0.5, 0.6) is 0 Å². The summed E-state index contributed by atoms with van der Waals surface area (Å²) in [6, 6.07) is 2.12. The minimum atomic E-state index is -0.155. The second kappa shape index (κ2) is 4.74. The van der Waals surface area contributed by atoms with Crippen LogP contribution in [0.15, 0.2) is 18.5 Å². The van der Waals surface area contributed by atoms with E-state index >= 15 is 0 Å². The van der Waals surface area contributed by atoms with Crippen LogP contribution in [0.1, 0.15) is 41.9 Å². The van der Waals surface area contributed by atoms with Gasteiger partial charge in [-0.2, -0.15) is 5.10 Å². The van der Waals surface area contributed by atoms with Crippen molar-refractivity contribution < 1.29 is 4.79 Å². The molecule has 2 N–H and O–H groups in total. The van der Waals surface area contributed by atoms with E-state index < -0.39 is 0 Å². The molecule has 1 amide bonds. The summed E-state index contributed by atoms with van der Waals surface area (Å²) in [6.07, 6.45) is 6.58. The van der Waals surface area contributed by atoms with Crippen LogP contribution in [0.2, 0.25) is 5.02 Å². The minimum absolute atomic E-state index is 0.155. The zero-order valence-corrected chi connectivity index (χ0v) is 11.4. The highest BCUT2D eigenvalue weighted by atomic mass is 35.5. The number of aryl methyl sites for hydroxylation is 1. The normalized spacial score (nSPS) is 14.6. The van der Waals surface area contributed by atoms with Crippen molar-refractivity contribution in [3.05, 3.63) is 34.7 Å². The predicted molar refractivity (Wildman–Crippen MR) is 73.6 cm³/mol. The molecule has 0 radical (unpaired) electrons. The van der Waals surface area contributed by atoms with E-state index in [2.05, 4.69) is 15.5 Å². The molecule has 0 saturated heterocycles. The number of rotatable bonds is 4. The molecule has 0 spiro atoms. The van der Waals surface area contributed by atoms with Crippen molar-refractivity contribution in [2.75, 3.05) is 5.32 Å². The highest BCUT2D eigenvalue weighted by Gasteiger charge is 2.28. The third-order valence-electron chi connectivity index (χ3n) is 3.33. The van der Waals surface area contributed by atoms with Gasteiger partial charge in [0.05, 0.1) is 11.2 Å². The minimum Gasteiger partial charge on any atom is -0.339 e. The summed E-state index contributed by atoms with van der Waals surface area (Å²) in [7, 11) is 0. The van der Waals surface area contributed by atoms with Crippen molar-refractivity contribution in [3.8, 4) is 0 Å². The maximum atomic E-state index is 12.3. The van der Waals surface area contributed by atoms with E-state index in [0.717, 1.165) is 24.8 Å². The Balaban J connectivity index is 1.84. The van der Waals surface area contributed by atoms with Crippen molar-refractivity contribution in [2.24, 2.45) is 0 Å². The summed E-state index contributed by atoms with van der Waals surface area (Å²) in [5.74, 6) is 0.505. The molecule has 5 nitrogen and oxygen atoms in total. The van der Waals surface area contributed by atoms with Crippen LogP contribution in [0.4, 0.5) is 5.82 Å². The van der Waals surface area contributed by atoms with Crippen LogP contribution in [0, 0.1) is 0 Å².